The minimum Gasteiger partial charge on any atom is -0.465 e. The molecule has 0 amide bonds. The highest BCUT2D eigenvalue weighted by atomic mass is 16.6. The van der Waals surface area contributed by atoms with Gasteiger partial charge in [-0.15, -0.1) is 0 Å². The van der Waals surface area contributed by atoms with E-state index >= 15 is 0 Å². The van der Waals surface area contributed by atoms with Crippen molar-refractivity contribution in [3.63, 3.8) is 0 Å². The summed E-state index contributed by atoms with van der Waals surface area (Å²) >= 11 is 0. The molecule has 0 fully saturated rings. The number of aromatic nitrogens is 1. The molecule has 1 rings (SSSR count). The zero-order valence-electron chi connectivity index (χ0n) is 11.6. The van der Waals surface area contributed by atoms with Crippen LogP contribution < -0.4 is 5.73 Å². The third-order valence-electron chi connectivity index (χ3n) is 2.49. The van der Waals surface area contributed by atoms with Gasteiger partial charge in [0, 0.05) is 0 Å². The third kappa shape index (κ3) is 3.88. The standard InChI is InChI=1S/C12H15N3O6/c1-3-20-11(16)10(12(17)21-4-2)7-5-9(13)14-6-8(7)15(18)19/h5-6,10H,3-4H2,1-2H3,(H2,13,14). The molecule has 1 aromatic rings. The summed E-state index contributed by atoms with van der Waals surface area (Å²) < 4.78 is 9.55. The van der Waals surface area contributed by atoms with Crippen LogP contribution in [-0.4, -0.2) is 35.1 Å². The van der Waals surface area contributed by atoms with Gasteiger partial charge in [0.2, 0.25) is 0 Å². The van der Waals surface area contributed by atoms with Crippen LogP contribution in [0.1, 0.15) is 25.3 Å². The molecule has 9 nitrogen and oxygen atoms in total. The lowest BCUT2D eigenvalue weighted by molar-refractivity contribution is -0.386. The fraction of sp³-hybridized carbons (Fsp3) is 0.417. The highest BCUT2D eigenvalue weighted by Crippen LogP contribution is 2.29. The van der Waals surface area contributed by atoms with Crippen LogP contribution in [0.15, 0.2) is 12.3 Å². The second-order valence-electron chi connectivity index (χ2n) is 3.86. The maximum absolute atomic E-state index is 11.9. The Kier molecular flexibility index (Phi) is 5.58. The summed E-state index contributed by atoms with van der Waals surface area (Å²) in [5.74, 6) is -3.51. The van der Waals surface area contributed by atoms with Gasteiger partial charge in [-0.3, -0.25) is 19.7 Å². The van der Waals surface area contributed by atoms with E-state index < -0.39 is 28.5 Å². The smallest absolute Gasteiger partial charge is 0.325 e. The van der Waals surface area contributed by atoms with Gasteiger partial charge in [0.15, 0.2) is 5.92 Å². The second-order valence-corrected chi connectivity index (χ2v) is 3.86. The van der Waals surface area contributed by atoms with Crippen molar-refractivity contribution in [3.05, 3.63) is 27.9 Å². The van der Waals surface area contributed by atoms with E-state index in [1.54, 1.807) is 13.8 Å². The number of nitro groups is 1. The first-order valence-corrected chi connectivity index (χ1v) is 6.15. The summed E-state index contributed by atoms with van der Waals surface area (Å²) in [6.45, 7) is 3.14. The molecule has 0 aliphatic rings. The van der Waals surface area contributed by atoms with Gasteiger partial charge in [-0.05, 0) is 19.9 Å². The monoisotopic (exact) mass is 297 g/mol. The van der Waals surface area contributed by atoms with Gasteiger partial charge in [-0.25, -0.2) is 4.98 Å². The Bertz CT molecular complexity index is 542. The van der Waals surface area contributed by atoms with Crippen molar-refractivity contribution in [3.8, 4) is 0 Å². The van der Waals surface area contributed by atoms with Crippen LogP contribution in [0.4, 0.5) is 11.5 Å². The lowest BCUT2D eigenvalue weighted by Gasteiger charge is -2.14. The van der Waals surface area contributed by atoms with E-state index in [-0.39, 0.29) is 24.6 Å². The van der Waals surface area contributed by atoms with Crippen molar-refractivity contribution in [1.29, 1.82) is 0 Å². The van der Waals surface area contributed by atoms with Crippen molar-refractivity contribution in [2.75, 3.05) is 18.9 Å². The van der Waals surface area contributed by atoms with Gasteiger partial charge in [0.25, 0.3) is 5.69 Å². The molecule has 0 aliphatic carbocycles. The number of rotatable bonds is 6. The normalized spacial score (nSPS) is 10.2. The average molecular weight is 297 g/mol. The van der Waals surface area contributed by atoms with Gasteiger partial charge in [-0.1, -0.05) is 0 Å². The first-order chi connectivity index (χ1) is 9.92. The fourth-order valence-electron chi connectivity index (χ4n) is 1.67. The van der Waals surface area contributed by atoms with Crippen molar-refractivity contribution in [2.45, 2.75) is 19.8 Å². The maximum Gasteiger partial charge on any atom is 0.325 e. The molecule has 0 radical (unpaired) electrons. The predicted molar refractivity (Wildman–Crippen MR) is 71.3 cm³/mol. The van der Waals surface area contributed by atoms with E-state index in [0.29, 0.717) is 0 Å². The number of pyridine rings is 1. The molecule has 2 N–H and O–H groups in total. The number of hydrogen-bond acceptors (Lipinski definition) is 8. The molecule has 0 bridgehead atoms. The van der Waals surface area contributed by atoms with Crippen molar-refractivity contribution >= 4 is 23.4 Å². The highest BCUT2D eigenvalue weighted by molar-refractivity contribution is 6.01. The molecule has 0 aromatic carbocycles. The Labute approximate surface area is 120 Å². The van der Waals surface area contributed by atoms with Gasteiger partial charge in [-0.2, -0.15) is 0 Å². The Morgan fingerprint density at radius 3 is 2.29 bits per heavy atom. The number of nitrogens with two attached hydrogens (primary N) is 1. The van der Waals surface area contributed by atoms with E-state index in [0.717, 1.165) is 12.3 Å². The summed E-state index contributed by atoms with van der Waals surface area (Å²) in [7, 11) is 0. The van der Waals surface area contributed by atoms with Crippen LogP contribution in [0.3, 0.4) is 0 Å². The number of nitrogens with zero attached hydrogens (tertiary/aromatic N) is 2. The minimum absolute atomic E-state index is 0.0170. The Morgan fingerprint density at radius 2 is 1.86 bits per heavy atom. The predicted octanol–water partition coefficient (Wildman–Crippen LogP) is 0.782. The maximum atomic E-state index is 11.9. The summed E-state index contributed by atoms with van der Waals surface area (Å²) in [4.78, 5) is 37.7. The average Bonchev–Trinajstić information content (AvgIpc) is 2.39. The van der Waals surface area contributed by atoms with Crippen molar-refractivity contribution in [2.24, 2.45) is 0 Å². The number of carbonyl (C=O) groups excluding carboxylic acids is 2. The molecule has 0 atom stereocenters. The number of carbonyl (C=O) groups is 2. The lowest BCUT2D eigenvalue weighted by atomic mass is 9.98. The molecule has 1 heterocycles. The zero-order chi connectivity index (χ0) is 16.0. The van der Waals surface area contributed by atoms with E-state index in [9.17, 15) is 19.7 Å². The number of esters is 2. The number of nitrogen functional groups attached to an aromatic ring is 1. The van der Waals surface area contributed by atoms with Crippen LogP contribution in [-0.2, 0) is 19.1 Å². The largest absolute Gasteiger partial charge is 0.465 e. The number of ether oxygens (including phenoxy) is 2. The Morgan fingerprint density at radius 1 is 1.33 bits per heavy atom. The summed E-state index contributed by atoms with van der Waals surface area (Å²) in [6.07, 6.45) is 0.885. The Balaban J connectivity index is 3.37. The molecular weight excluding hydrogens is 282 g/mol. The summed E-state index contributed by atoms with van der Waals surface area (Å²) in [5.41, 5.74) is 4.77. The van der Waals surface area contributed by atoms with E-state index in [1.807, 2.05) is 0 Å². The number of anilines is 1. The van der Waals surface area contributed by atoms with Gasteiger partial charge in [0.1, 0.15) is 12.0 Å². The molecular formula is C12H15N3O6. The van der Waals surface area contributed by atoms with Crippen LogP contribution in [0, 0.1) is 10.1 Å². The fourth-order valence-corrected chi connectivity index (χ4v) is 1.67. The van der Waals surface area contributed by atoms with Crippen LogP contribution in [0.25, 0.3) is 0 Å². The molecule has 21 heavy (non-hydrogen) atoms. The molecule has 9 heteroatoms. The molecule has 0 saturated heterocycles. The van der Waals surface area contributed by atoms with Crippen molar-refractivity contribution in [1.82, 2.24) is 4.98 Å². The van der Waals surface area contributed by atoms with E-state index in [2.05, 4.69) is 4.98 Å². The SMILES string of the molecule is CCOC(=O)C(C(=O)OCC)c1cc(N)ncc1[N+](=O)[O-]. The zero-order valence-corrected chi connectivity index (χ0v) is 11.6. The molecule has 0 aliphatic heterocycles. The van der Waals surface area contributed by atoms with Crippen LogP contribution in [0.5, 0.6) is 0 Å². The topological polar surface area (TPSA) is 135 Å². The Hall–Kier alpha value is -2.71. The molecule has 0 unspecified atom stereocenters. The van der Waals surface area contributed by atoms with Gasteiger partial charge in [0.05, 0.1) is 23.7 Å². The molecule has 0 saturated carbocycles. The minimum atomic E-state index is -1.57. The van der Waals surface area contributed by atoms with Crippen molar-refractivity contribution < 1.29 is 24.0 Å². The quantitative estimate of drug-likeness (QED) is 0.352. The van der Waals surface area contributed by atoms with E-state index in [4.69, 9.17) is 15.2 Å². The third-order valence-corrected chi connectivity index (χ3v) is 2.49. The van der Waals surface area contributed by atoms with Crippen LogP contribution in [0.2, 0.25) is 0 Å². The van der Waals surface area contributed by atoms with Gasteiger partial charge < -0.3 is 15.2 Å². The number of hydrogen-bond donors (Lipinski definition) is 1. The second kappa shape index (κ2) is 7.17. The highest BCUT2D eigenvalue weighted by Gasteiger charge is 2.37. The molecule has 0 spiro atoms. The molecule has 114 valence electrons. The van der Waals surface area contributed by atoms with E-state index in [1.165, 1.54) is 0 Å². The first kappa shape index (κ1) is 16.3. The lowest BCUT2D eigenvalue weighted by Crippen LogP contribution is -2.27. The molecule has 1 aromatic heterocycles. The van der Waals surface area contributed by atoms with Gasteiger partial charge >= 0.3 is 11.9 Å². The summed E-state index contributed by atoms with van der Waals surface area (Å²) in [6, 6.07) is 1.09. The van der Waals surface area contributed by atoms with Crippen LogP contribution >= 0.6 is 0 Å². The summed E-state index contributed by atoms with van der Waals surface area (Å²) in [5, 5.41) is 11.0. The first-order valence-electron chi connectivity index (χ1n) is 6.15.